The van der Waals surface area contributed by atoms with Crippen molar-refractivity contribution in [3.05, 3.63) is 12.2 Å². The van der Waals surface area contributed by atoms with Crippen molar-refractivity contribution in [1.29, 1.82) is 0 Å². The van der Waals surface area contributed by atoms with Gasteiger partial charge >= 0.3 is 11.9 Å². The molecule has 0 fully saturated rings. The molecule has 2 N–H and O–H groups in total. The first-order valence-corrected chi connectivity index (χ1v) is 5.39. The average Bonchev–Trinajstić information content (AvgIpc) is 2.16. The third kappa shape index (κ3) is 1.84. The van der Waals surface area contributed by atoms with Gasteiger partial charge in [-0.25, -0.2) is 0 Å². The molecule has 1 aliphatic rings. The molecule has 0 spiro atoms. The Bertz CT molecular complexity index is 345. The summed E-state index contributed by atoms with van der Waals surface area (Å²) in [7, 11) is 0. The summed E-state index contributed by atoms with van der Waals surface area (Å²) in [5.74, 6) is -1.96. The van der Waals surface area contributed by atoms with Crippen molar-refractivity contribution in [2.45, 2.75) is 33.6 Å². The Balaban J connectivity index is 3.15. The van der Waals surface area contributed by atoms with Crippen LogP contribution in [-0.4, -0.2) is 22.2 Å². The number of hydrogen-bond donors (Lipinski definition) is 2. The van der Waals surface area contributed by atoms with Crippen LogP contribution in [0.2, 0.25) is 0 Å². The molecule has 1 rings (SSSR count). The fourth-order valence-electron chi connectivity index (χ4n) is 2.31. The van der Waals surface area contributed by atoms with Crippen molar-refractivity contribution in [2.75, 3.05) is 0 Å². The summed E-state index contributed by atoms with van der Waals surface area (Å²) < 4.78 is 0. The van der Waals surface area contributed by atoms with Crippen molar-refractivity contribution < 1.29 is 19.8 Å². The molecule has 2 atom stereocenters. The Labute approximate surface area is 95.0 Å². The number of carboxylic acids is 2. The van der Waals surface area contributed by atoms with Crippen molar-refractivity contribution in [3.63, 3.8) is 0 Å². The molecule has 0 saturated heterocycles. The molecule has 2 unspecified atom stereocenters. The van der Waals surface area contributed by atoms with Gasteiger partial charge in [0.25, 0.3) is 0 Å². The molecule has 0 saturated carbocycles. The van der Waals surface area contributed by atoms with E-state index in [1.54, 1.807) is 19.1 Å². The van der Waals surface area contributed by atoms with Crippen molar-refractivity contribution in [1.82, 2.24) is 0 Å². The van der Waals surface area contributed by atoms with E-state index in [1.807, 2.05) is 13.8 Å². The molecule has 16 heavy (non-hydrogen) atoms. The lowest BCUT2D eigenvalue weighted by atomic mass is 9.61. The minimum absolute atomic E-state index is 0.0892. The Morgan fingerprint density at radius 1 is 1.25 bits per heavy atom. The summed E-state index contributed by atoms with van der Waals surface area (Å²) in [4.78, 5) is 22.6. The number of rotatable bonds is 3. The van der Waals surface area contributed by atoms with Crippen LogP contribution in [-0.2, 0) is 9.59 Å². The SMILES string of the molecule is CC(C)C1(C(=O)O)CC=CC(C)(C(=O)O)C1. The first kappa shape index (κ1) is 12.7. The maximum Gasteiger partial charge on any atom is 0.313 e. The minimum Gasteiger partial charge on any atom is -0.481 e. The first-order valence-electron chi connectivity index (χ1n) is 5.39. The molecular formula is C12H18O4. The molecule has 0 heterocycles. The third-order valence-corrected chi connectivity index (χ3v) is 3.67. The van der Waals surface area contributed by atoms with Gasteiger partial charge in [0.05, 0.1) is 10.8 Å². The largest absolute Gasteiger partial charge is 0.481 e. The second kappa shape index (κ2) is 3.92. The smallest absolute Gasteiger partial charge is 0.313 e. The molecule has 0 aromatic heterocycles. The summed E-state index contributed by atoms with van der Waals surface area (Å²) in [5, 5.41) is 18.5. The second-order valence-corrected chi connectivity index (χ2v) is 5.12. The zero-order valence-electron chi connectivity index (χ0n) is 9.86. The molecule has 90 valence electrons. The molecular weight excluding hydrogens is 208 g/mol. The molecule has 1 aliphatic carbocycles. The van der Waals surface area contributed by atoms with Crippen LogP contribution in [0.25, 0.3) is 0 Å². The van der Waals surface area contributed by atoms with E-state index in [2.05, 4.69) is 0 Å². The van der Waals surface area contributed by atoms with Crippen LogP contribution < -0.4 is 0 Å². The zero-order valence-corrected chi connectivity index (χ0v) is 9.86. The summed E-state index contributed by atoms with van der Waals surface area (Å²) in [6.07, 6.45) is 3.85. The predicted octanol–water partition coefficient (Wildman–Crippen LogP) is 2.15. The predicted molar refractivity (Wildman–Crippen MR) is 59.0 cm³/mol. The Morgan fingerprint density at radius 2 is 1.81 bits per heavy atom. The van der Waals surface area contributed by atoms with Gasteiger partial charge < -0.3 is 10.2 Å². The highest BCUT2D eigenvalue weighted by molar-refractivity contribution is 5.81. The number of carboxylic acid groups (broad SMARTS) is 2. The number of hydrogen-bond acceptors (Lipinski definition) is 2. The second-order valence-electron chi connectivity index (χ2n) is 5.12. The average molecular weight is 226 g/mol. The van der Waals surface area contributed by atoms with Gasteiger partial charge in [-0.2, -0.15) is 0 Å². The van der Waals surface area contributed by atoms with Gasteiger partial charge in [0.2, 0.25) is 0 Å². The van der Waals surface area contributed by atoms with Gasteiger partial charge in [-0.3, -0.25) is 9.59 Å². The first-order chi connectivity index (χ1) is 7.24. The highest BCUT2D eigenvalue weighted by Gasteiger charge is 2.50. The lowest BCUT2D eigenvalue weighted by Crippen LogP contribution is -2.44. The quantitative estimate of drug-likeness (QED) is 0.723. The van der Waals surface area contributed by atoms with Gasteiger partial charge in [0.1, 0.15) is 0 Å². The van der Waals surface area contributed by atoms with E-state index in [0.717, 1.165) is 0 Å². The van der Waals surface area contributed by atoms with E-state index in [-0.39, 0.29) is 12.3 Å². The molecule has 0 radical (unpaired) electrons. The number of carbonyl (C=O) groups is 2. The zero-order chi connectivity index (χ0) is 12.6. The van der Waals surface area contributed by atoms with E-state index in [9.17, 15) is 14.7 Å². The van der Waals surface area contributed by atoms with Crippen LogP contribution in [0, 0.1) is 16.7 Å². The Morgan fingerprint density at radius 3 is 2.19 bits per heavy atom. The molecule has 4 nitrogen and oxygen atoms in total. The maximum absolute atomic E-state index is 11.4. The van der Waals surface area contributed by atoms with Crippen LogP contribution in [0.1, 0.15) is 33.6 Å². The summed E-state index contributed by atoms with van der Waals surface area (Å²) in [6, 6.07) is 0. The fourth-order valence-corrected chi connectivity index (χ4v) is 2.31. The normalized spacial score (nSPS) is 34.0. The van der Waals surface area contributed by atoms with Crippen molar-refractivity contribution in [3.8, 4) is 0 Å². The van der Waals surface area contributed by atoms with Crippen LogP contribution in [0.3, 0.4) is 0 Å². The standard InChI is InChI=1S/C12H18O4/c1-8(2)12(10(15)16)6-4-5-11(3,7-12)9(13)14/h4-5,8H,6-7H2,1-3H3,(H,13,14)(H,15,16). The van der Waals surface area contributed by atoms with E-state index in [4.69, 9.17) is 5.11 Å². The van der Waals surface area contributed by atoms with Crippen LogP contribution in [0.5, 0.6) is 0 Å². The molecule has 0 aromatic rings. The van der Waals surface area contributed by atoms with Crippen LogP contribution in [0.15, 0.2) is 12.2 Å². The molecule has 0 amide bonds. The highest BCUT2D eigenvalue weighted by Crippen LogP contribution is 2.47. The van der Waals surface area contributed by atoms with Crippen LogP contribution in [0.4, 0.5) is 0 Å². The third-order valence-electron chi connectivity index (χ3n) is 3.67. The highest BCUT2D eigenvalue weighted by atomic mass is 16.4. The summed E-state index contributed by atoms with van der Waals surface area (Å²) in [6.45, 7) is 5.23. The van der Waals surface area contributed by atoms with Gasteiger partial charge in [-0.15, -0.1) is 0 Å². The Hall–Kier alpha value is -1.32. The van der Waals surface area contributed by atoms with Crippen molar-refractivity contribution >= 4 is 11.9 Å². The molecule has 0 aliphatic heterocycles. The van der Waals surface area contributed by atoms with E-state index in [0.29, 0.717) is 6.42 Å². The summed E-state index contributed by atoms with van der Waals surface area (Å²) in [5.41, 5.74) is -2.02. The topological polar surface area (TPSA) is 74.6 Å². The van der Waals surface area contributed by atoms with E-state index >= 15 is 0 Å². The van der Waals surface area contributed by atoms with E-state index < -0.39 is 22.8 Å². The molecule has 4 heteroatoms. The molecule has 0 aromatic carbocycles. The lowest BCUT2D eigenvalue weighted by molar-refractivity contribution is -0.158. The lowest BCUT2D eigenvalue weighted by Gasteiger charge is -2.40. The minimum atomic E-state index is -1.07. The monoisotopic (exact) mass is 226 g/mol. The van der Waals surface area contributed by atoms with Gasteiger partial charge in [-0.1, -0.05) is 26.0 Å². The van der Waals surface area contributed by atoms with Crippen LogP contribution >= 0.6 is 0 Å². The Kier molecular flexibility index (Phi) is 3.13. The molecule has 0 bridgehead atoms. The summed E-state index contributed by atoms with van der Waals surface area (Å²) >= 11 is 0. The van der Waals surface area contributed by atoms with E-state index in [1.165, 1.54) is 0 Å². The number of allylic oxidation sites excluding steroid dienone is 1. The fraction of sp³-hybridized carbons (Fsp3) is 0.667. The van der Waals surface area contributed by atoms with Gasteiger partial charge in [0.15, 0.2) is 0 Å². The van der Waals surface area contributed by atoms with Gasteiger partial charge in [0, 0.05) is 0 Å². The maximum atomic E-state index is 11.4. The van der Waals surface area contributed by atoms with Gasteiger partial charge in [-0.05, 0) is 25.7 Å². The van der Waals surface area contributed by atoms with Crippen molar-refractivity contribution in [2.24, 2.45) is 16.7 Å². The number of aliphatic carboxylic acids is 2.